The summed E-state index contributed by atoms with van der Waals surface area (Å²) < 4.78 is 34.6. The first-order valence-electron chi connectivity index (χ1n) is 34.1. The van der Waals surface area contributed by atoms with Crippen molar-refractivity contribution in [3.8, 4) is 0 Å². The largest absolute Gasteiger partial charge is 0.457 e. The number of hydrogen-bond acceptors (Lipinski definition) is 14. The van der Waals surface area contributed by atoms with E-state index in [2.05, 4.69) is 13.8 Å². The van der Waals surface area contributed by atoms with Crippen LogP contribution >= 0.6 is 0 Å². The highest BCUT2D eigenvalue weighted by molar-refractivity contribution is 5.69. The predicted octanol–water partition coefficient (Wildman–Crippen LogP) is 13.9. The normalized spacial score (nSPS) is 23.7. The lowest BCUT2D eigenvalue weighted by Gasteiger charge is -2.42. The van der Waals surface area contributed by atoms with Crippen molar-refractivity contribution in [2.45, 2.75) is 383 Å². The van der Waals surface area contributed by atoms with Crippen LogP contribution in [0.4, 0.5) is 0 Å². The van der Waals surface area contributed by atoms with E-state index in [9.17, 15) is 40.5 Å². The van der Waals surface area contributed by atoms with Crippen molar-refractivity contribution < 1.29 is 69.0 Å². The van der Waals surface area contributed by atoms with Crippen LogP contribution in [0.25, 0.3) is 0 Å². The van der Waals surface area contributed by atoms with Crippen molar-refractivity contribution in [3.05, 3.63) is 0 Å². The van der Waals surface area contributed by atoms with Gasteiger partial charge in [-0.25, -0.2) is 0 Å². The molecular formula is C66H128O14. The van der Waals surface area contributed by atoms with Crippen LogP contribution in [0.3, 0.4) is 0 Å². The molecule has 2 rings (SSSR count). The Morgan fingerprint density at radius 2 is 0.662 bits per heavy atom. The third-order valence-electron chi connectivity index (χ3n) is 16.9. The van der Waals surface area contributed by atoms with Crippen molar-refractivity contribution in [2.24, 2.45) is 0 Å². The van der Waals surface area contributed by atoms with Gasteiger partial charge in [-0.2, -0.15) is 0 Å². The fourth-order valence-electron chi connectivity index (χ4n) is 11.4. The molecule has 0 aliphatic carbocycles. The van der Waals surface area contributed by atoms with E-state index in [4.69, 9.17) is 28.4 Å². The molecule has 14 heteroatoms. The molecule has 0 radical (unpaired) electrons. The molecule has 14 nitrogen and oxygen atoms in total. The van der Waals surface area contributed by atoms with Crippen molar-refractivity contribution in [1.82, 2.24) is 0 Å². The minimum Gasteiger partial charge on any atom is -0.457 e. The zero-order valence-electron chi connectivity index (χ0n) is 51.6. The molecule has 0 aromatic heterocycles. The number of carbonyl (C=O) groups is 1. The number of carbonyl (C=O) groups excluding carboxylic acids is 1. The Morgan fingerprint density at radius 3 is 1.01 bits per heavy atom. The third kappa shape index (κ3) is 38.8. The number of ether oxygens (including phenoxy) is 6. The maximum absolute atomic E-state index is 13.1. The van der Waals surface area contributed by atoms with E-state index in [1.165, 1.54) is 250 Å². The van der Waals surface area contributed by atoms with Gasteiger partial charge in [0.25, 0.3) is 0 Å². The second-order valence-corrected chi connectivity index (χ2v) is 24.4. The molecule has 80 heavy (non-hydrogen) atoms. The van der Waals surface area contributed by atoms with Crippen LogP contribution in [-0.4, -0.2) is 142 Å². The maximum Gasteiger partial charge on any atom is 0.306 e. The lowest BCUT2D eigenvalue weighted by molar-refractivity contribution is -0.332. The van der Waals surface area contributed by atoms with Gasteiger partial charge in [0, 0.05) is 13.0 Å². The summed E-state index contributed by atoms with van der Waals surface area (Å²) in [6, 6.07) is 0. The summed E-state index contributed by atoms with van der Waals surface area (Å²) in [5.41, 5.74) is 0. The summed E-state index contributed by atoms with van der Waals surface area (Å²) in [6.07, 6.45) is 44.6. The molecule has 0 spiro atoms. The molecule has 11 atom stereocenters. The summed E-state index contributed by atoms with van der Waals surface area (Å²) in [7, 11) is 0. The maximum atomic E-state index is 13.1. The highest BCUT2D eigenvalue weighted by Gasteiger charge is 2.47. The van der Waals surface area contributed by atoms with Gasteiger partial charge in [0.2, 0.25) is 0 Å². The number of esters is 1. The fraction of sp³-hybridized carbons (Fsp3) is 0.985. The average molecular weight is 1150 g/mol. The highest BCUT2D eigenvalue weighted by Crippen LogP contribution is 2.27. The van der Waals surface area contributed by atoms with E-state index in [0.717, 1.165) is 44.9 Å². The van der Waals surface area contributed by atoms with Gasteiger partial charge in [0.05, 0.1) is 26.4 Å². The summed E-state index contributed by atoms with van der Waals surface area (Å²) in [5.74, 6) is -0.364. The molecule has 0 amide bonds. The van der Waals surface area contributed by atoms with Crippen LogP contribution in [0.1, 0.15) is 316 Å². The Morgan fingerprint density at radius 1 is 0.362 bits per heavy atom. The van der Waals surface area contributed by atoms with Gasteiger partial charge in [-0.15, -0.1) is 0 Å². The lowest BCUT2D eigenvalue weighted by atomic mass is 9.98. The quantitative estimate of drug-likeness (QED) is 0.0223. The molecule has 0 aromatic rings. The van der Waals surface area contributed by atoms with Crippen LogP contribution in [0, 0.1) is 0 Å². The first-order valence-corrected chi connectivity index (χ1v) is 34.1. The van der Waals surface area contributed by atoms with E-state index in [-0.39, 0.29) is 25.6 Å². The first-order chi connectivity index (χ1) is 39.1. The minimum absolute atomic E-state index is 0.0715. The van der Waals surface area contributed by atoms with Crippen molar-refractivity contribution in [2.75, 3.05) is 33.0 Å². The van der Waals surface area contributed by atoms with Crippen LogP contribution in [-0.2, 0) is 33.2 Å². The van der Waals surface area contributed by atoms with Crippen LogP contribution in [0.2, 0.25) is 0 Å². The van der Waals surface area contributed by atoms with Gasteiger partial charge in [0.15, 0.2) is 12.6 Å². The summed E-state index contributed by atoms with van der Waals surface area (Å²) in [4.78, 5) is 13.1. The SMILES string of the molecule is CCCCCCCCCCCCCCCCCCCCCCCCCCOCC(COC1OC(COC2OC(CO)C(O)C(O)C2O)C(O)C(O)C1O)OC(=O)CCCCCCCCCCCCCCCCCCCCCCCC. The van der Waals surface area contributed by atoms with Crippen molar-refractivity contribution in [1.29, 1.82) is 0 Å². The zero-order valence-corrected chi connectivity index (χ0v) is 51.6. The number of hydrogen-bond donors (Lipinski definition) is 7. The molecular weight excluding hydrogens is 1020 g/mol. The Balaban J connectivity index is 1.64. The molecule has 7 N–H and O–H groups in total. The Hall–Kier alpha value is -1.01. The van der Waals surface area contributed by atoms with Gasteiger partial charge in [0.1, 0.15) is 54.9 Å². The number of rotatable bonds is 58. The van der Waals surface area contributed by atoms with Gasteiger partial charge in [-0.1, -0.05) is 296 Å². The Kier molecular flexibility index (Phi) is 50.2. The molecule has 0 saturated carbocycles. The minimum atomic E-state index is -1.70. The van der Waals surface area contributed by atoms with E-state index >= 15 is 0 Å². The van der Waals surface area contributed by atoms with Crippen molar-refractivity contribution in [3.63, 3.8) is 0 Å². The average Bonchev–Trinajstić information content (AvgIpc) is 3.52. The molecule has 2 aliphatic heterocycles. The molecule has 11 unspecified atom stereocenters. The zero-order chi connectivity index (χ0) is 57.9. The molecule has 476 valence electrons. The third-order valence-corrected chi connectivity index (χ3v) is 16.9. The van der Waals surface area contributed by atoms with E-state index in [1.54, 1.807) is 0 Å². The summed E-state index contributed by atoms with van der Waals surface area (Å²) in [6.45, 7) is 3.79. The Bertz CT molecular complexity index is 1330. The number of aliphatic hydroxyl groups excluding tert-OH is 7. The van der Waals surface area contributed by atoms with E-state index in [1.807, 2.05) is 0 Å². The highest BCUT2D eigenvalue weighted by atomic mass is 16.7. The molecule has 0 bridgehead atoms. The smallest absolute Gasteiger partial charge is 0.306 e. The van der Waals surface area contributed by atoms with Crippen molar-refractivity contribution >= 4 is 5.97 Å². The lowest BCUT2D eigenvalue weighted by Crippen LogP contribution is -2.61. The Labute approximate surface area is 489 Å². The molecule has 2 heterocycles. The van der Waals surface area contributed by atoms with E-state index < -0.39 is 80.7 Å². The van der Waals surface area contributed by atoms with Gasteiger partial charge in [-0.3, -0.25) is 4.79 Å². The summed E-state index contributed by atoms with van der Waals surface area (Å²) in [5, 5.41) is 72.6. The van der Waals surface area contributed by atoms with Crippen LogP contribution < -0.4 is 0 Å². The second kappa shape index (κ2) is 53.5. The molecule has 2 saturated heterocycles. The predicted molar refractivity (Wildman–Crippen MR) is 321 cm³/mol. The van der Waals surface area contributed by atoms with Gasteiger partial charge >= 0.3 is 5.97 Å². The summed E-state index contributed by atoms with van der Waals surface area (Å²) >= 11 is 0. The topological polar surface area (TPSA) is 214 Å². The van der Waals surface area contributed by atoms with Gasteiger partial charge in [-0.05, 0) is 12.8 Å². The molecule has 0 aromatic carbocycles. The van der Waals surface area contributed by atoms with Gasteiger partial charge < -0.3 is 64.2 Å². The standard InChI is InChI=1S/C66H128O14/c1-3-5-7-9-11-13-15-17-19-21-23-25-27-28-30-32-34-36-38-40-42-44-46-48-50-75-52-55(53-76-65-64(74)62(72)60(70)57(80-65)54-77-66-63(73)61(71)59(69)56(51-67)79-66)78-58(68)49-47-45-43-41-39-37-35-33-31-29-26-24-22-20-18-16-14-12-10-8-6-4-2/h55-57,59-67,69-74H,3-54H2,1-2H3. The number of unbranched alkanes of at least 4 members (excludes halogenated alkanes) is 44. The molecule has 2 fully saturated rings. The fourth-order valence-corrected chi connectivity index (χ4v) is 11.4. The second-order valence-electron chi connectivity index (χ2n) is 24.4. The van der Waals surface area contributed by atoms with Crippen LogP contribution in [0.5, 0.6) is 0 Å². The monoisotopic (exact) mass is 1140 g/mol. The van der Waals surface area contributed by atoms with Crippen LogP contribution in [0.15, 0.2) is 0 Å². The number of aliphatic hydroxyl groups is 7. The first kappa shape index (κ1) is 75.1. The van der Waals surface area contributed by atoms with E-state index in [0.29, 0.717) is 6.61 Å². The molecule has 2 aliphatic rings.